The molecule has 0 bridgehead atoms. The Hall–Kier alpha value is -2.21. The van der Waals surface area contributed by atoms with Crippen LogP contribution in [0.1, 0.15) is 43.0 Å². The zero-order valence-electron chi connectivity index (χ0n) is 16.0. The summed E-state index contributed by atoms with van der Waals surface area (Å²) in [6.45, 7) is 2.88. The summed E-state index contributed by atoms with van der Waals surface area (Å²) in [5.74, 6) is 1.69. The van der Waals surface area contributed by atoms with Gasteiger partial charge in [0.1, 0.15) is 17.2 Å². The number of nitrogens with one attached hydrogen (secondary N) is 1. The maximum atomic E-state index is 12.6. The molecule has 1 N–H and O–H groups in total. The number of carbonyl (C=O) groups is 1. The summed E-state index contributed by atoms with van der Waals surface area (Å²) in [5, 5.41) is 2.86. The van der Waals surface area contributed by atoms with Crippen LogP contribution in [0.5, 0.6) is 17.2 Å². The van der Waals surface area contributed by atoms with E-state index >= 15 is 0 Å². The monoisotopic (exact) mass is 435 g/mol. The summed E-state index contributed by atoms with van der Waals surface area (Å²) in [4.78, 5) is 12.6. The van der Waals surface area contributed by atoms with Crippen molar-refractivity contribution in [1.82, 2.24) is 0 Å². The predicted octanol–water partition coefficient (Wildman–Crippen LogP) is 5.68. The topological polar surface area (TPSA) is 56.8 Å². The van der Waals surface area contributed by atoms with Crippen molar-refractivity contribution >= 4 is 27.5 Å². The lowest BCUT2D eigenvalue weighted by Crippen LogP contribution is -2.13. The van der Waals surface area contributed by atoms with Crippen LogP contribution in [0.4, 0.5) is 5.69 Å². The third kappa shape index (κ3) is 6.17. The molecule has 6 heteroatoms. The van der Waals surface area contributed by atoms with Crippen LogP contribution < -0.4 is 19.5 Å². The van der Waals surface area contributed by atoms with E-state index in [9.17, 15) is 4.79 Å². The van der Waals surface area contributed by atoms with Crippen molar-refractivity contribution in [2.45, 2.75) is 32.6 Å². The van der Waals surface area contributed by atoms with Crippen LogP contribution in [-0.2, 0) is 0 Å². The number of carbonyl (C=O) groups excluding carboxylic acids is 1. The smallest absolute Gasteiger partial charge is 0.255 e. The van der Waals surface area contributed by atoms with Gasteiger partial charge in [-0.15, -0.1) is 0 Å². The summed E-state index contributed by atoms with van der Waals surface area (Å²) >= 11 is 3.40. The summed E-state index contributed by atoms with van der Waals surface area (Å²) in [6, 6.07) is 10.6. The summed E-state index contributed by atoms with van der Waals surface area (Å²) in [7, 11) is 3.12. The first-order chi connectivity index (χ1) is 13.1. The van der Waals surface area contributed by atoms with Crippen molar-refractivity contribution in [2.75, 3.05) is 26.1 Å². The van der Waals surface area contributed by atoms with Crippen LogP contribution in [0.3, 0.4) is 0 Å². The molecule has 146 valence electrons. The molecule has 2 rings (SSSR count). The number of hydrogen-bond acceptors (Lipinski definition) is 4. The average molecular weight is 436 g/mol. The van der Waals surface area contributed by atoms with Crippen LogP contribution in [-0.4, -0.2) is 26.7 Å². The van der Waals surface area contributed by atoms with Crippen LogP contribution in [0.15, 0.2) is 40.9 Å². The summed E-state index contributed by atoms with van der Waals surface area (Å²) < 4.78 is 17.1. The molecule has 0 radical (unpaired) electrons. The molecule has 0 aliphatic heterocycles. The first-order valence-electron chi connectivity index (χ1n) is 9.04. The Morgan fingerprint density at radius 3 is 2.33 bits per heavy atom. The van der Waals surface area contributed by atoms with Crippen molar-refractivity contribution in [3.63, 3.8) is 0 Å². The first kappa shape index (κ1) is 21.1. The predicted molar refractivity (Wildman–Crippen MR) is 111 cm³/mol. The SMILES string of the molecule is CCCCCCOc1ccc(C(=O)Nc2cc(OC)c(Br)cc2OC)cc1. The molecule has 0 saturated heterocycles. The van der Waals surface area contributed by atoms with E-state index in [1.807, 2.05) is 12.1 Å². The van der Waals surface area contributed by atoms with E-state index in [-0.39, 0.29) is 5.91 Å². The van der Waals surface area contributed by atoms with Crippen molar-refractivity contribution < 1.29 is 19.0 Å². The maximum absolute atomic E-state index is 12.6. The molecule has 2 aromatic rings. The molecule has 27 heavy (non-hydrogen) atoms. The molecule has 0 saturated carbocycles. The second-order valence-electron chi connectivity index (χ2n) is 6.07. The second kappa shape index (κ2) is 10.8. The fourth-order valence-corrected chi connectivity index (χ4v) is 3.06. The average Bonchev–Trinajstić information content (AvgIpc) is 2.69. The Balaban J connectivity index is 2.00. The number of unbranched alkanes of at least 4 members (excludes halogenated alkanes) is 3. The molecular weight excluding hydrogens is 410 g/mol. The van der Waals surface area contributed by atoms with Gasteiger partial charge in [0.05, 0.1) is 31.0 Å². The van der Waals surface area contributed by atoms with Gasteiger partial charge in [0.25, 0.3) is 5.91 Å². The van der Waals surface area contributed by atoms with E-state index in [1.165, 1.54) is 19.3 Å². The molecule has 1 amide bonds. The second-order valence-corrected chi connectivity index (χ2v) is 6.93. The van der Waals surface area contributed by atoms with E-state index < -0.39 is 0 Å². The van der Waals surface area contributed by atoms with Crippen LogP contribution in [0.25, 0.3) is 0 Å². The zero-order valence-corrected chi connectivity index (χ0v) is 17.6. The highest BCUT2D eigenvalue weighted by Gasteiger charge is 2.13. The van der Waals surface area contributed by atoms with E-state index in [1.54, 1.807) is 38.5 Å². The van der Waals surface area contributed by atoms with Gasteiger partial charge in [0.15, 0.2) is 0 Å². The highest BCUT2D eigenvalue weighted by Crippen LogP contribution is 2.36. The molecule has 0 fully saturated rings. The Morgan fingerprint density at radius 1 is 1.00 bits per heavy atom. The lowest BCUT2D eigenvalue weighted by Gasteiger charge is -2.13. The van der Waals surface area contributed by atoms with Gasteiger partial charge < -0.3 is 19.5 Å². The zero-order chi connectivity index (χ0) is 19.6. The molecule has 0 aliphatic carbocycles. The highest BCUT2D eigenvalue weighted by atomic mass is 79.9. The van der Waals surface area contributed by atoms with Crippen molar-refractivity contribution in [2.24, 2.45) is 0 Å². The fourth-order valence-electron chi connectivity index (χ4n) is 2.57. The van der Waals surface area contributed by atoms with Gasteiger partial charge in [-0.25, -0.2) is 0 Å². The molecule has 0 aliphatic rings. The third-order valence-electron chi connectivity index (χ3n) is 4.11. The standard InChI is InChI=1S/C21H26BrNO4/c1-4-5-6-7-12-27-16-10-8-15(9-11-16)21(24)23-18-14-19(25-2)17(22)13-20(18)26-3/h8-11,13-14H,4-7,12H2,1-3H3,(H,23,24). The highest BCUT2D eigenvalue weighted by molar-refractivity contribution is 9.10. The van der Waals surface area contributed by atoms with E-state index in [0.29, 0.717) is 29.4 Å². The van der Waals surface area contributed by atoms with E-state index in [2.05, 4.69) is 28.2 Å². The van der Waals surface area contributed by atoms with Gasteiger partial charge in [0, 0.05) is 17.7 Å². The number of hydrogen-bond donors (Lipinski definition) is 1. The lowest BCUT2D eigenvalue weighted by atomic mass is 10.2. The minimum absolute atomic E-state index is 0.229. The molecule has 0 heterocycles. The summed E-state index contributed by atoms with van der Waals surface area (Å²) in [6.07, 6.45) is 4.66. The molecule has 0 atom stereocenters. The third-order valence-corrected chi connectivity index (χ3v) is 4.72. The molecule has 5 nitrogen and oxygen atoms in total. The molecular formula is C21H26BrNO4. The van der Waals surface area contributed by atoms with Gasteiger partial charge in [-0.1, -0.05) is 26.2 Å². The quantitative estimate of drug-likeness (QED) is 0.487. The largest absolute Gasteiger partial charge is 0.495 e. The van der Waals surface area contributed by atoms with E-state index in [4.69, 9.17) is 14.2 Å². The van der Waals surface area contributed by atoms with E-state index in [0.717, 1.165) is 16.6 Å². The number of anilines is 1. The summed E-state index contributed by atoms with van der Waals surface area (Å²) in [5.41, 5.74) is 1.08. The Kier molecular flexibility index (Phi) is 8.45. The Labute approximate surface area is 169 Å². The van der Waals surface area contributed by atoms with Gasteiger partial charge in [-0.05, 0) is 46.6 Å². The number of ether oxygens (including phenoxy) is 3. The number of rotatable bonds is 10. The number of amides is 1. The minimum atomic E-state index is -0.229. The molecule has 0 spiro atoms. The van der Waals surface area contributed by atoms with Crippen LogP contribution in [0, 0.1) is 0 Å². The Morgan fingerprint density at radius 2 is 1.70 bits per heavy atom. The van der Waals surface area contributed by atoms with Gasteiger partial charge in [0.2, 0.25) is 0 Å². The number of halogens is 1. The Bertz CT molecular complexity index is 747. The van der Waals surface area contributed by atoms with Crippen molar-refractivity contribution in [3.8, 4) is 17.2 Å². The first-order valence-corrected chi connectivity index (χ1v) is 9.84. The van der Waals surface area contributed by atoms with Crippen molar-refractivity contribution in [1.29, 1.82) is 0 Å². The molecule has 0 unspecified atom stereocenters. The maximum Gasteiger partial charge on any atom is 0.255 e. The normalized spacial score (nSPS) is 10.4. The van der Waals surface area contributed by atoms with Crippen LogP contribution >= 0.6 is 15.9 Å². The molecule has 0 aromatic heterocycles. The number of benzene rings is 2. The lowest BCUT2D eigenvalue weighted by molar-refractivity contribution is 0.102. The van der Waals surface area contributed by atoms with Gasteiger partial charge in [-0.3, -0.25) is 4.79 Å². The van der Waals surface area contributed by atoms with Gasteiger partial charge in [-0.2, -0.15) is 0 Å². The minimum Gasteiger partial charge on any atom is -0.495 e. The van der Waals surface area contributed by atoms with Crippen LogP contribution in [0.2, 0.25) is 0 Å². The number of methoxy groups -OCH3 is 2. The fraction of sp³-hybridized carbons (Fsp3) is 0.381. The van der Waals surface area contributed by atoms with Gasteiger partial charge >= 0.3 is 0 Å². The van der Waals surface area contributed by atoms with Crippen molar-refractivity contribution in [3.05, 3.63) is 46.4 Å². The molecule has 2 aromatic carbocycles.